The molecule has 1 aliphatic rings. The Labute approximate surface area is 115 Å². The fourth-order valence-electron chi connectivity index (χ4n) is 2.87. The number of aliphatic hydroxyl groups excluding tert-OH is 1. The van der Waals surface area contributed by atoms with E-state index in [9.17, 15) is 9.90 Å². The molecule has 1 atom stereocenters. The highest BCUT2D eigenvalue weighted by Crippen LogP contribution is 2.28. The van der Waals surface area contributed by atoms with Crippen molar-refractivity contribution in [2.45, 2.75) is 58.0 Å². The van der Waals surface area contributed by atoms with Crippen molar-refractivity contribution in [3.63, 3.8) is 0 Å². The molecule has 1 N–H and O–H groups in total. The van der Waals surface area contributed by atoms with E-state index in [0.29, 0.717) is 11.5 Å². The molecule has 1 aromatic rings. The summed E-state index contributed by atoms with van der Waals surface area (Å²) in [6.45, 7) is 4.27. The van der Waals surface area contributed by atoms with Gasteiger partial charge < -0.3 is 5.11 Å². The van der Waals surface area contributed by atoms with Crippen LogP contribution in [0, 0.1) is 5.92 Å². The zero-order valence-corrected chi connectivity index (χ0v) is 11.9. The molecular weight excluding hydrogens is 236 g/mol. The molecule has 2 heteroatoms. The van der Waals surface area contributed by atoms with Crippen LogP contribution in [0.2, 0.25) is 0 Å². The SMILES string of the molecule is CC(C)c1ccc(C(=O)C(O)C2CCCCC2)cc1. The van der Waals surface area contributed by atoms with Crippen LogP contribution < -0.4 is 0 Å². The molecule has 1 aliphatic carbocycles. The highest BCUT2D eigenvalue weighted by molar-refractivity contribution is 5.99. The summed E-state index contributed by atoms with van der Waals surface area (Å²) in [7, 11) is 0. The maximum absolute atomic E-state index is 12.3. The normalized spacial score (nSPS) is 18.5. The molecule has 0 amide bonds. The van der Waals surface area contributed by atoms with Crippen molar-refractivity contribution in [3.8, 4) is 0 Å². The third-order valence-corrected chi connectivity index (χ3v) is 4.23. The number of ketones is 1. The molecule has 0 aliphatic heterocycles. The topological polar surface area (TPSA) is 37.3 Å². The third kappa shape index (κ3) is 3.44. The minimum Gasteiger partial charge on any atom is -0.385 e. The Balaban J connectivity index is 2.05. The van der Waals surface area contributed by atoms with Crippen LogP contribution in [0.15, 0.2) is 24.3 Å². The molecule has 0 saturated heterocycles. The standard InChI is InChI=1S/C17H24O2/c1-12(2)13-8-10-15(11-9-13)17(19)16(18)14-6-4-3-5-7-14/h8-12,14,16,18H,3-7H2,1-2H3. The van der Waals surface area contributed by atoms with Crippen molar-refractivity contribution in [2.24, 2.45) is 5.92 Å². The molecule has 1 fully saturated rings. The van der Waals surface area contributed by atoms with Gasteiger partial charge in [-0.05, 0) is 30.2 Å². The van der Waals surface area contributed by atoms with Gasteiger partial charge in [0.25, 0.3) is 0 Å². The van der Waals surface area contributed by atoms with E-state index in [4.69, 9.17) is 0 Å². The van der Waals surface area contributed by atoms with Gasteiger partial charge in [0.2, 0.25) is 0 Å². The van der Waals surface area contributed by atoms with Crippen LogP contribution in [-0.4, -0.2) is 17.0 Å². The van der Waals surface area contributed by atoms with Crippen LogP contribution in [0.3, 0.4) is 0 Å². The molecule has 0 aromatic heterocycles. The highest BCUT2D eigenvalue weighted by atomic mass is 16.3. The van der Waals surface area contributed by atoms with Gasteiger partial charge >= 0.3 is 0 Å². The molecule has 2 nitrogen and oxygen atoms in total. The third-order valence-electron chi connectivity index (χ3n) is 4.23. The van der Waals surface area contributed by atoms with E-state index in [1.807, 2.05) is 24.3 Å². The summed E-state index contributed by atoms with van der Waals surface area (Å²) in [5, 5.41) is 10.2. The summed E-state index contributed by atoms with van der Waals surface area (Å²) in [5.74, 6) is 0.514. The first-order valence-corrected chi connectivity index (χ1v) is 7.42. The van der Waals surface area contributed by atoms with Gasteiger partial charge in [-0.3, -0.25) is 4.79 Å². The summed E-state index contributed by atoms with van der Waals surface area (Å²) in [6, 6.07) is 7.68. The van der Waals surface area contributed by atoms with Crippen molar-refractivity contribution in [1.29, 1.82) is 0 Å². The monoisotopic (exact) mass is 260 g/mol. The van der Waals surface area contributed by atoms with E-state index in [-0.39, 0.29) is 11.7 Å². The van der Waals surface area contributed by atoms with E-state index in [1.165, 1.54) is 12.0 Å². The maximum atomic E-state index is 12.3. The molecule has 1 saturated carbocycles. The van der Waals surface area contributed by atoms with E-state index in [2.05, 4.69) is 13.8 Å². The largest absolute Gasteiger partial charge is 0.385 e. The summed E-state index contributed by atoms with van der Waals surface area (Å²) in [5.41, 5.74) is 1.87. The average molecular weight is 260 g/mol. The zero-order valence-electron chi connectivity index (χ0n) is 11.9. The van der Waals surface area contributed by atoms with Crippen LogP contribution >= 0.6 is 0 Å². The van der Waals surface area contributed by atoms with Crippen molar-refractivity contribution in [3.05, 3.63) is 35.4 Å². The maximum Gasteiger partial charge on any atom is 0.191 e. The van der Waals surface area contributed by atoms with E-state index in [0.717, 1.165) is 25.7 Å². The molecule has 0 spiro atoms. The minimum atomic E-state index is -0.815. The molecule has 1 aromatic carbocycles. The Hall–Kier alpha value is -1.15. The van der Waals surface area contributed by atoms with Crippen molar-refractivity contribution >= 4 is 5.78 Å². The van der Waals surface area contributed by atoms with Gasteiger partial charge in [-0.1, -0.05) is 57.4 Å². The van der Waals surface area contributed by atoms with Crippen LogP contribution in [0.25, 0.3) is 0 Å². The van der Waals surface area contributed by atoms with Crippen molar-refractivity contribution < 1.29 is 9.90 Å². The van der Waals surface area contributed by atoms with Gasteiger partial charge in [0, 0.05) is 5.56 Å². The Morgan fingerprint density at radius 2 is 1.68 bits per heavy atom. The summed E-state index contributed by atoms with van der Waals surface area (Å²) in [6.07, 6.45) is 4.67. The number of Topliss-reactive ketones (excluding diaryl/α,β-unsaturated/α-hetero) is 1. The average Bonchev–Trinajstić information content (AvgIpc) is 2.46. The number of carbonyl (C=O) groups excluding carboxylic acids is 1. The van der Waals surface area contributed by atoms with Gasteiger partial charge in [-0.2, -0.15) is 0 Å². The molecule has 104 valence electrons. The van der Waals surface area contributed by atoms with Crippen molar-refractivity contribution in [2.75, 3.05) is 0 Å². The number of rotatable bonds is 4. The van der Waals surface area contributed by atoms with Gasteiger partial charge in [0.1, 0.15) is 6.10 Å². The fraction of sp³-hybridized carbons (Fsp3) is 0.588. The second kappa shape index (κ2) is 6.33. The predicted octanol–water partition coefficient (Wildman–Crippen LogP) is 3.93. The number of hydrogen-bond donors (Lipinski definition) is 1. The zero-order chi connectivity index (χ0) is 13.8. The van der Waals surface area contributed by atoms with Crippen LogP contribution in [0.5, 0.6) is 0 Å². The lowest BCUT2D eigenvalue weighted by molar-refractivity contribution is 0.0534. The van der Waals surface area contributed by atoms with E-state index < -0.39 is 6.10 Å². The number of aliphatic hydroxyl groups is 1. The second-order valence-electron chi connectivity index (χ2n) is 5.98. The predicted molar refractivity (Wildman–Crippen MR) is 77.4 cm³/mol. The molecule has 1 unspecified atom stereocenters. The smallest absolute Gasteiger partial charge is 0.191 e. The summed E-state index contributed by atoms with van der Waals surface area (Å²) >= 11 is 0. The number of carbonyl (C=O) groups is 1. The number of hydrogen-bond acceptors (Lipinski definition) is 2. The van der Waals surface area contributed by atoms with Crippen molar-refractivity contribution in [1.82, 2.24) is 0 Å². The van der Waals surface area contributed by atoms with Crippen LogP contribution in [0.4, 0.5) is 0 Å². The molecule has 19 heavy (non-hydrogen) atoms. The molecule has 0 heterocycles. The van der Waals surface area contributed by atoms with E-state index >= 15 is 0 Å². The summed E-state index contributed by atoms with van der Waals surface area (Å²) < 4.78 is 0. The van der Waals surface area contributed by atoms with E-state index in [1.54, 1.807) is 0 Å². The quantitative estimate of drug-likeness (QED) is 0.833. The first-order valence-electron chi connectivity index (χ1n) is 7.42. The lowest BCUT2D eigenvalue weighted by atomic mass is 9.82. The van der Waals surface area contributed by atoms with Crippen LogP contribution in [0.1, 0.15) is 67.8 Å². The Morgan fingerprint density at radius 3 is 2.21 bits per heavy atom. The summed E-state index contributed by atoms with van der Waals surface area (Å²) in [4.78, 5) is 12.3. The Bertz CT molecular complexity index is 413. The molecule has 0 radical (unpaired) electrons. The highest BCUT2D eigenvalue weighted by Gasteiger charge is 2.28. The van der Waals surface area contributed by atoms with Gasteiger partial charge in [-0.25, -0.2) is 0 Å². The first kappa shape index (κ1) is 14.3. The Kier molecular flexibility index (Phi) is 4.76. The first-order chi connectivity index (χ1) is 9.09. The Morgan fingerprint density at radius 1 is 1.11 bits per heavy atom. The lowest BCUT2D eigenvalue weighted by Crippen LogP contribution is -2.31. The van der Waals surface area contributed by atoms with Gasteiger partial charge in [0.15, 0.2) is 5.78 Å². The molecular formula is C17H24O2. The molecule has 2 rings (SSSR count). The van der Waals surface area contributed by atoms with Gasteiger partial charge in [-0.15, -0.1) is 0 Å². The second-order valence-corrected chi connectivity index (χ2v) is 5.98. The molecule has 0 bridgehead atoms. The fourth-order valence-corrected chi connectivity index (χ4v) is 2.87. The minimum absolute atomic E-state index is 0.109. The van der Waals surface area contributed by atoms with Gasteiger partial charge in [0.05, 0.1) is 0 Å². The van der Waals surface area contributed by atoms with Crippen LogP contribution in [-0.2, 0) is 0 Å². The number of benzene rings is 1. The lowest BCUT2D eigenvalue weighted by Gasteiger charge is -2.25.